The second kappa shape index (κ2) is 9.17. The number of carbonyl (C=O) groups excluding carboxylic acids is 1. The number of amides is 1. The average molecular weight is 489 g/mol. The molecule has 2 aromatic heterocycles. The molecule has 3 aromatic rings. The zero-order valence-electron chi connectivity index (χ0n) is 16.9. The Morgan fingerprint density at radius 3 is 2.52 bits per heavy atom. The van der Waals surface area contributed by atoms with E-state index >= 15 is 0 Å². The highest BCUT2D eigenvalue weighted by atomic mass is 79.9. The molecular weight excluding hydrogens is 468 g/mol. The zero-order valence-corrected chi connectivity index (χ0v) is 18.5. The maximum Gasteiger partial charge on any atom is 0.328 e. The van der Waals surface area contributed by atoms with E-state index in [-0.39, 0.29) is 5.91 Å². The molecule has 31 heavy (non-hydrogen) atoms. The highest BCUT2D eigenvalue weighted by Crippen LogP contribution is 2.34. The summed E-state index contributed by atoms with van der Waals surface area (Å²) in [4.78, 5) is 41.4. The summed E-state index contributed by atoms with van der Waals surface area (Å²) in [7, 11) is 2.03. The van der Waals surface area contributed by atoms with Crippen LogP contribution >= 0.6 is 15.9 Å². The monoisotopic (exact) mass is 488 g/mol. The number of halogens is 1. The van der Waals surface area contributed by atoms with Gasteiger partial charge in [-0.05, 0) is 28.9 Å². The Morgan fingerprint density at radius 1 is 1.26 bits per heavy atom. The van der Waals surface area contributed by atoms with Crippen LogP contribution in [-0.4, -0.2) is 54.0 Å². The van der Waals surface area contributed by atoms with Gasteiger partial charge in [0.1, 0.15) is 0 Å². The summed E-state index contributed by atoms with van der Waals surface area (Å²) in [5.41, 5.74) is 4.99. The predicted molar refractivity (Wildman–Crippen MR) is 117 cm³/mol. The van der Waals surface area contributed by atoms with E-state index in [0.29, 0.717) is 18.7 Å². The van der Waals surface area contributed by atoms with Gasteiger partial charge in [-0.3, -0.25) is 4.79 Å². The number of nitrogens with one attached hydrogen (secondary N) is 1. The maximum absolute atomic E-state index is 13.1. The molecule has 1 amide bonds. The second-order valence-electron chi connectivity index (χ2n) is 6.98. The predicted octanol–water partition coefficient (Wildman–Crippen LogP) is 2.88. The third-order valence-corrected chi connectivity index (χ3v) is 5.69. The van der Waals surface area contributed by atoms with Crippen LogP contribution in [0.2, 0.25) is 0 Å². The lowest BCUT2D eigenvalue weighted by Gasteiger charge is -2.27. The van der Waals surface area contributed by atoms with E-state index in [1.807, 2.05) is 37.1 Å². The smallest absolute Gasteiger partial charge is 0.328 e. The fourth-order valence-corrected chi connectivity index (χ4v) is 4.20. The van der Waals surface area contributed by atoms with E-state index < -0.39 is 11.9 Å². The third-order valence-electron chi connectivity index (χ3n) is 5.05. The highest BCUT2D eigenvalue weighted by molar-refractivity contribution is 9.10. The second-order valence-corrected chi connectivity index (χ2v) is 7.83. The summed E-state index contributed by atoms with van der Waals surface area (Å²) < 4.78 is 3.17. The highest BCUT2D eigenvalue weighted by Gasteiger charge is 2.30. The van der Waals surface area contributed by atoms with Gasteiger partial charge in [-0.1, -0.05) is 12.1 Å². The van der Waals surface area contributed by atoms with Crippen molar-refractivity contribution in [1.82, 2.24) is 19.4 Å². The number of hydrogen-bond donors (Lipinski definition) is 3. The number of aromatic amines is 1. The molecular formula is C21H21BrN4O5. The first-order chi connectivity index (χ1) is 14.7. The van der Waals surface area contributed by atoms with Crippen molar-refractivity contribution in [2.75, 3.05) is 6.54 Å². The number of para-hydroxylation sites is 1. The lowest BCUT2D eigenvalue weighted by atomic mass is 10.0. The summed E-state index contributed by atoms with van der Waals surface area (Å²) >= 11 is 3.61. The van der Waals surface area contributed by atoms with E-state index in [0.717, 1.165) is 51.0 Å². The number of rotatable bonds is 4. The Hall–Kier alpha value is -3.40. The van der Waals surface area contributed by atoms with Gasteiger partial charge in [-0.25, -0.2) is 14.6 Å². The Balaban J connectivity index is 0.000000293. The number of aromatic nitrogens is 3. The summed E-state index contributed by atoms with van der Waals surface area (Å²) in [6, 6.07) is 6.03. The van der Waals surface area contributed by atoms with Gasteiger partial charge in [0.25, 0.3) is 5.91 Å². The summed E-state index contributed by atoms with van der Waals surface area (Å²) in [6.45, 7) is 3.26. The maximum atomic E-state index is 13.1. The molecule has 0 spiro atoms. The molecule has 3 N–H and O–H groups in total. The van der Waals surface area contributed by atoms with Crippen LogP contribution in [0.1, 0.15) is 27.4 Å². The molecule has 1 aliphatic rings. The van der Waals surface area contributed by atoms with Gasteiger partial charge in [0.2, 0.25) is 0 Å². The normalized spacial score (nSPS) is 13.3. The number of nitrogens with zero attached hydrogens (tertiary/aromatic N) is 3. The van der Waals surface area contributed by atoms with Crippen molar-refractivity contribution in [2.45, 2.75) is 19.9 Å². The van der Waals surface area contributed by atoms with Crippen LogP contribution in [0.4, 0.5) is 0 Å². The van der Waals surface area contributed by atoms with Gasteiger partial charge in [0, 0.05) is 53.4 Å². The Bertz CT molecular complexity index is 1180. The van der Waals surface area contributed by atoms with Crippen molar-refractivity contribution in [1.29, 1.82) is 0 Å². The Kier molecular flexibility index (Phi) is 6.59. The topological polar surface area (TPSA) is 129 Å². The minimum atomic E-state index is -1.26. The number of carboxylic acid groups (broad SMARTS) is 2. The molecule has 0 bridgehead atoms. The van der Waals surface area contributed by atoms with Crippen molar-refractivity contribution in [2.24, 2.45) is 7.05 Å². The molecule has 3 heterocycles. The van der Waals surface area contributed by atoms with E-state index in [1.165, 1.54) is 0 Å². The SMILES string of the molecule is Cc1[nH]cnc1CN1CCc2c(c3cccc(Br)c3n2C)C1=O.O=C(O)C=CC(=O)O. The first-order valence-corrected chi connectivity index (χ1v) is 10.2. The lowest BCUT2D eigenvalue weighted by Crippen LogP contribution is -2.37. The van der Waals surface area contributed by atoms with Crippen molar-refractivity contribution < 1.29 is 24.6 Å². The number of aryl methyl sites for hydroxylation is 2. The van der Waals surface area contributed by atoms with Crippen LogP contribution in [0, 0.1) is 6.92 Å². The van der Waals surface area contributed by atoms with Crippen molar-refractivity contribution in [3.63, 3.8) is 0 Å². The summed E-state index contributed by atoms with van der Waals surface area (Å²) in [6.07, 6.45) is 3.66. The Labute approximate surface area is 186 Å². The minimum Gasteiger partial charge on any atom is -0.478 e. The molecule has 4 rings (SSSR count). The summed E-state index contributed by atoms with van der Waals surface area (Å²) in [5, 5.41) is 16.6. The molecule has 0 atom stereocenters. The van der Waals surface area contributed by atoms with Crippen LogP contribution in [0.5, 0.6) is 0 Å². The van der Waals surface area contributed by atoms with Gasteiger partial charge < -0.3 is 24.7 Å². The van der Waals surface area contributed by atoms with Crippen LogP contribution < -0.4 is 0 Å². The van der Waals surface area contributed by atoms with E-state index in [4.69, 9.17) is 10.2 Å². The average Bonchev–Trinajstić information content (AvgIpc) is 3.25. The summed E-state index contributed by atoms with van der Waals surface area (Å²) in [5.74, 6) is -2.42. The number of carboxylic acids is 2. The molecule has 10 heteroatoms. The van der Waals surface area contributed by atoms with E-state index in [9.17, 15) is 14.4 Å². The van der Waals surface area contributed by atoms with Crippen molar-refractivity contribution in [3.05, 3.63) is 63.8 Å². The molecule has 1 aliphatic heterocycles. The molecule has 0 aliphatic carbocycles. The molecule has 0 unspecified atom stereocenters. The number of benzene rings is 1. The molecule has 1 aromatic carbocycles. The fourth-order valence-electron chi connectivity index (χ4n) is 3.57. The number of imidazole rings is 1. The van der Waals surface area contributed by atoms with E-state index in [1.54, 1.807) is 6.33 Å². The first kappa shape index (κ1) is 22.3. The minimum absolute atomic E-state index is 0.0948. The van der Waals surface area contributed by atoms with Gasteiger partial charge in [-0.15, -0.1) is 0 Å². The standard InChI is InChI=1S/C17H17BrN4O.C4H4O4/c1-10-13(20-9-19-10)8-22-7-6-14-15(17(22)23)11-4-3-5-12(18)16(11)21(14)2;5-3(6)1-2-4(7)8/h3-5,9H,6-8H2,1-2H3,(H,19,20);1-2H,(H,5,6)(H,7,8). The first-order valence-electron chi connectivity index (χ1n) is 9.38. The van der Waals surface area contributed by atoms with Crippen molar-refractivity contribution in [3.8, 4) is 0 Å². The van der Waals surface area contributed by atoms with Crippen molar-refractivity contribution >= 4 is 44.7 Å². The van der Waals surface area contributed by atoms with Gasteiger partial charge >= 0.3 is 11.9 Å². The van der Waals surface area contributed by atoms with Crippen LogP contribution in [0.25, 0.3) is 10.9 Å². The molecule has 0 fully saturated rings. The third kappa shape index (κ3) is 4.69. The van der Waals surface area contributed by atoms with Gasteiger partial charge in [0.15, 0.2) is 0 Å². The van der Waals surface area contributed by atoms with E-state index in [2.05, 4.69) is 30.5 Å². The van der Waals surface area contributed by atoms with Crippen LogP contribution in [0.3, 0.4) is 0 Å². The molecule has 9 nitrogen and oxygen atoms in total. The van der Waals surface area contributed by atoms with Crippen LogP contribution in [0.15, 0.2) is 41.2 Å². The molecule has 162 valence electrons. The number of hydrogen-bond acceptors (Lipinski definition) is 4. The molecule has 0 saturated carbocycles. The number of fused-ring (bicyclic) bond motifs is 3. The number of aliphatic carboxylic acids is 2. The molecule has 0 radical (unpaired) electrons. The largest absolute Gasteiger partial charge is 0.478 e. The number of H-pyrrole nitrogens is 1. The Morgan fingerprint density at radius 2 is 1.94 bits per heavy atom. The zero-order chi connectivity index (χ0) is 22.7. The quantitative estimate of drug-likeness (QED) is 0.484. The number of carbonyl (C=O) groups is 3. The molecule has 0 saturated heterocycles. The van der Waals surface area contributed by atoms with Gasteiger partial charge in [-0.2, -0.15) is 0 Å². The lowest BCUT2D eigenvalue weighted by molar-refractivity contribution is -0.134. The fraction of sp³-hybridized carbons (Fsp3) is 0.238. The van der Waals surface area contributed by atoms with Gasteiger partial charge in [0.05, 0.1) is 29.6 Å². The van der Waals surface area contributed by atoms with Crippen LogP contribution in [-0.2, 0) is 29.6 Å².